The summed E-state index contributed by atoms with van der Waals surface area (Å²) >= 11 is 0. The lowest BCUT2D eigenvalue weighted by Crippen LogP contribution is -2.53. The van der Waals surface area contributed by atoms with Gasteiger partial charge in [0.1, 0.15) is 0 Å². The molecule has 0 aliphatic carbocycles. The number of hydrogen-bond donors (Lipinski definition) is 2. The average Bonchev–Trinajstić information content (AvgIpc) is 2.78. The maximum atomic E-state index is 12.8. The third kappa shape index (κ3) is 6.06. The average molecular weight is 499 g/mol. The lowest BCUT2D eigenvalue weighted by Gasteiger charge is -2.34. The molecule has 8 nitrogen and oxygen atoms in total. The number of nitrogens with zero attached hydrogens (tertiary/aromatic N) is 2. The topological polar surface area (TPSA) is 98.8 Å². The summed E-state index contributed by atoms with van der Waals surface area (Å²) in [5, 5.41) is 5.53. The van der Waals surface area contributed by atoms with Gasteiger partial charge < -0.3 is 15.5 Å². The van der Waals surface area contributed by atoms with E-state index >= 15 is 0 Å². The Kier molecular flexibility index (Phi) is 7.51. The second-order valence-corrected chi connectivity index (χ2v) is 9.83. The van der Waals surface area contributed by atoms with E-state index in [-0.39, 0.29) is 49.1 Å². The van der Waals surface area contributed by atoms with E-state index in [2.05, 4.69) is 10.6 Å². The summed E-state index contributed by atoms with van der Waals surface area (Å²) in [4.78, 5) is 25.2. The van der Waals surface area contributed by atoms with E-state index in [9.17, 15) is 31.2 Å². The Balaban J connectivity index is 1.58. The predicted octanol–water partition coefficient (Wildman–Crippen LogP) is 3.44. The van der Waals surface area contributed by atoms with E-state index < -0.39 is 21.8 Å². The summed E-state index contributed by atoms with van der Waals surface area (Å²) < 4.78 is 64.9. The molecule has 0 unspecified atom stereocenters. The third-order valence-corrected chi connectivity index (χ3v) is 7.31. The van der Waals surface area contributed by atoms with Crippen molar-refractivity contribution in [2.75, 3.05) is 31.5 Å². The Morgan fingerprint density at radius 2 is 1.62 bits per heavy atom. The molecule has 184 valence electrons. The molecule has 1 saturated heterocycles. The molecule has 34 heavy (non-hydrogen) atoms. The SMILES string of the molecule is CC(=O)Nc1cccc([C@H](C)NC(=O)N2CCN(S(=O)(=O)c3ccc(C(F)(F)F)cc3)CC2)c1. The summed E-state index contributed by atoms with van der Waals surface area (Å²) in [6.07, 6.45) is -4.55. The second-order valence-electron chi connectivity index (χ2n) is 7.89. The van der Waals surface area contributed by atoms with Crippen LogP contribution in [0.5, 0.6) is 0 Å². The van der Waals surface area contributed by atoms with Crippen LogP contribution in [0.15, 0.2) is 53.4 Å². The molecule has 1 heterocycles. The number of sulfonamides is 1. The molecule has 1 aliphatic heterocycles. The number of anilines is 1. The first-order chi connectivity index (χ1) is 15.9. The number of carbonyl (C=O) groups excluding carboxylic acids is 2. The summed E-state index contributed by atoms with van der Waals surface area (Å²) in [7, 11) is -3.98. The number of urea groups is 1. The first kappa shape index (κ1) is 25.5. The van der Waals surface area contributed by atoms with Crippen molar-refractivity contribution in [3.05, 3.63) is 59.7 Å². The van der Waals surface area contributed by atoms with Gasteiger partial charge in [0.2, 0.25) is 15.9 Å². The zero-order valence-electron chi connectivity index (χ0n) is 18.6. The van der Waals surface area contributed by atoms with Crippen molar-refractivity contribution in [2.45, 2.75) is 31.0 Å². The number of nitrogens with one attached hydrogen (secondary N) is 2. The molecular formula is C22H25F3N4O4S. The predicted molar refractivity (Wildman–Crippen MR) is 119 cm³/mol. The zero-order chi connectivity index (χ0) is 25.1. The fourth-order valence-electron chi connectivity index (χ4n) is 3.55. The van der Waals surface area contributed by atoms with Crippen LogP contribution in [0.3, 0.4) is 0 Å². The van der Waals surface area contributed by atoms with Crippen LogP contribution in [-0.2, 0) is 21.0 Å². The van der Waals surface area contributed by atoms with Crippen LogP contribution >= 0.6 is 0 Å². The van der Waals surface area contributed by atoms with Gasteiger partial charge in [-0.1, -0.05) is 12.1 Å². The largest absolute Gasteiger partial charge is 0.416 e. The van der Waals surface area contributed by atoms with Crippen molar-refractivity contribution in [3.63, 3.8) is 0 Å². The standard InChI is InChI=1S/C22H25F3N4O4S/c1-15(17-4-3-5-19(14-17)27-16(2)30)26-21(31)28-10-12-29(13-11-28)34(32,33)20-8-6-18(7-9-20)22(23,24)25/h3-9,14-15H,10-13H2,1-2H3,(H,26,31)(H,27,30)/t15-/m0/s1. The van der Waals surface area contributed by atoms with Gasteiger partial charge in [-0.3, -0.25) is 4.79 Å². The molecule has 0 aromatic heterocycles. The molecule has 1 atom stereocenters. The van der Waals surface area contributed by atoms with Crippen molar-refractivity contribution in [2.24, 2.45) is 0 Å². The molecule has 12 heteroatoms. The number of alkyl halides is 3. The van der Waals surface area contributed by atoms with Gasteiger partial charge in [-0.05, 0) is 48.9 Å². The van der Waals surface area contributed by atoms with Crippen LogP contribution in [-0.4, -0.2) is 55.7 Å². The van der Waals surface area contributed by atoms with Gasteiger partial charge in [0, 0.05) is 38.8 Å². The molecule has 0 radical (unpaired) electrons. The summed E-state index contributed by atoms with van der Waals surface area (Å²) in [5.41, 5.74) is 0.459. The van der Waals surface area contributed by atoms with Crippen LogP contribution in [0.1, 0.15) is 31.0 Å². The number of amides is 3. The molecule has 1 aliphatic rings. The van der Waals surface area contributed by atoms with E-state index in [1.807, 2.05) is 6.07 Å². The molecule has 2 aromatic carbocycles. The van der Waals surface area contributed by atoms with Gasteiger partial charge in [0.15, 0.2) is 0 Å². The number of halogens is 3. The van der Waals surface area contributed by atoms with Crippen LogP contribution in [0.2, 0.25) is 0 Å². The smallest absolute Gasteiger partial charge is 0.331 e. The summed E-state index contributed by atoms with van der Waals surface area (Å²) in [5.74, 6) is -0.210. The highest BCUT2D eigenvalue weighted by molar-refractivity contribution is 7.89. The molecule has 3 amide bonds. The lowest BCUT2D eigenvalue weighted by molar-refractivity contribution is -0.137. The van der Waals surface area contributed by atoms with Crippen molar-refractivity contribution < 1.29 is 31.2 Å². The van der Waals surface area contributed by atoms with Gasteiger partial charge in [-0.15, -0.1) is 0 Å². The molecule has 0 bridgehead atoms. The number of piperazine rings is 1. The number of rotatable bonds is 5. The highest BCUT2D eigenvalue weighted by atomic mass is 32.2. The van der Waals surface area contributed by atoms with E-state index in [4.69, 9.17) is 0 Å². The van der Waals surface area contributed by atoms with Gasteiger partial charge in [0.25, 0.3) is 0 Å². The van der Waals surface area contributed by atoms with E-state index in [0.29, 0.717) is 5.69 Å². The Morgan fingerprint density at radius 3 is 2.18 bits per heavy atom. The first-order valence-electron chi connectivity index (χ1n) is 10.5. The Labute approximate surface area is 195 Å². The minimum absolute atomic E-state index is 0.0170. The molecular weight excluding hydrogens is 473 g/mol. The molecule has 2 N–H and O–H groups in total. The second kappa shape index (κ2) is 10.0. The van der Waals surface area contributed by atoms with Crippen molar-refractivity contribution in [3.8, 4) is 0 Å². The number of hydrogen-bond acceptors (Lipinski definition) is 4. The van der Waals surface area contributed by atoms with E-state index in [0.717, 1.165) is 34.1 Å². The van der Waals surface area contributed by atoms with Crippen molar-refractivity contribution >= 4 is 27.6 Å². The maximum absolute atomic E-state index is 12.8. The Hall–Kier alpha value is -3.12. The Morgan fingerprint density at radius 1 is 1.00 bits per heavy atom. The number of carbonyl (C=O) groups is 2. The quantitative estimate of drug-likeness (QED) is 0.660. The lowest BCUT2D eigenvalue weighted by atomic mass is 10.1. The van der Waals surface area contributed by atoms with Crippen molar-refractivity contribution in [1.29, 1.82) is 0 Å². The van der Waals surface area contributed by atoms with Crippen LogP contribution < -0.4 is 10.6 Å². The fraction of sp³-hybridized carbons (Fsp3) is 0.364. The monoisotopic (exact) mass is 498 g/mol. The fourth-order valence-corrected chi connectivity index (χ4v) is 4.97. The third-order valence-electron chi connectivity index (χ3n) is 5.39. The first-order valence-corrected chi connectivity index (χ1v) is 11.9. The van der Waals surface area contributed by atoms with Gasteiger partial charge >= 0.3 is 12.2 Å². The molecule has 2 aromatic rings. The van der Waals surface area contributed by atoms with Gasteiger partial charge in [-0.2, -0.15) is 17.5 Å². The van der Waals surface area contributed by atoms with Crippen LogP contribution in [0.4, 0.5) is 23.7 Å². The summed E-state index contributed by atoms with van der Waals surface area (Å²) in [6.45, 7) is 3.48. The highest BCUT2D eigenvalue weighted by Crippen LogP contribution is 2.30. The highest BCUT2D eigenvalue weighted by Gasteiger charge is 2.33. The van der Waals surface area contributed by atoms with Crippen molar-refractivity contribution in [1.82, 2.24) is 14.5 Å². The minimum Gasteiger partial charge on any atom is -0.331 e. The van der Waals surface area contributed by atoms with E-state index in [1.165, 1.54) is 11.8 Å². The molecule has 0 saturated carbocycles. The van der Waals surface area contributed by atoms with E-state index in [1.54, 1.807) is 25.1 Å². The van der Waals surface area contributed by atoms with Crippen LogP contribution in [0.25, 0.3) is 0 Å². The molecule has 3 rings (SSSR count). The Bertz CT molecular complexity index is 1150. The van der Waals surface area contributed by atoms with Gasteiger partial charge in [0.05, 0.1) is 16.5 Å². The molecule has 1 fully saturated rings. The summed E-state index contributed by atoms with van der Waals surface area (Å²) in [6, 6.07) is 9.66. The number of benzene rings is 2. The van der Waals surface area contributed by atoms with Gasteiger partial charge in [-0.25, -0.2) is 13.2 Å². The van der Waals surface area contributed by atoms with Crippen LogP contribution in [0, 0.1) is 0 Å². The minimum atomic E-state index is -4.55. The normalized spacial score (nSPS) is 16.1. The maximum Gasteiger partial charge on any atom is 0.416 e. The zero-order valence-corrected chi connectivity index (χ0v) is 19.4. The molecule has 0 spiro atoms.